The second-order valence-corrected chi connectivity index (χ2v) is 7.30. The Bertz CT molecular complexity index is 538. The fourth-order valence-electron chi connectivity index (χ4n) is 3.38. The minimum atomic E-state index is -1.50. The van der Waals surface area contributed by atoms with Gasteiger partial charge in [0.15, 0.2) is 0 Å². The van der Waals surface area contributed by atoms with Crippen LogP contribution in [0.25, 0.3) is 0 Å². The number of hydrogen-bond acceptors (Lipinski definition) is 5. The molecule has 2 aliphatic rings. The van der Waals surface area contributed by atoms with Crippen LogP contribution in [0, 0.1) is 24.2 Å². The average molecular weight is 340 g/mol. The summed E-state index contributed by atoms with van der Waals surface area (Å²) in [4.78, 5) is 36.0. The fraction of sp³-hybridized carbons (Fsp3) is 0.750. The van der Waals surface area contributed by atoms with E-state index in [0.29, 0.717) is 6.42 Å². The molecule has 0 saturated heterocycles. The molecule has 0 bridgehead atoms. The van der Waals surface area contributed by atoms with Gasteiger partial charge in [0.2, 0.25) is 11.8 Å². The SMILES string of the molecule is CC(C)C[C@H](N)C(=O)N[C@@H](C)C(=O)N[C@@]1(C(=O)O)C[C@H](O)[C@H]2[CH][C@H]21. The molecular weight excluding hydrogens is 314 g/mol. The third-order valence-corrected chi connectivity index (χ3v) is 4.79. The monoisotopic (exact) mass is 340 g/mol. The molecule has 0 spiro atoms. The lowest BCUT2D eigenvalue weighted by molar-refractivity contribution is -0.149. The highest BCUT2D eigenvalue weighted by atomic mass is 16.4. The number of hydrogen-bond donors (Lipinski definition) is 5. The highest BCUT2D eigenvalue weighted by Crippen LogP contribution is 2.56. The highest BCUT2D eigenvalue weighted by molar-refractivity contribution is 5.93. The maximum Gasteiger partial charge on any atom is 0.329 e. The number of carbonyl (C=O) groups excluding carboxylic acids is 2. The number of aliphatic hydroxyl groups excluding tert-OH is 1. The number of carboxylic acids is 1. The molecule has 2 rings (SSSR count). The van der Waals surface area contributed by atoms with Crippen molar-refractivity contribution >= 4 is 17.8 Å². The van der Waals surface area contributed by atoms with E-state index < -0.39 is 41.5 Å². The number of rotatable bonds is 7. The Labute approximate surface area is 141 Å². The topological polar surface area (TPSA) is 142 Å². The van der Waals surface area contributed by atoms with E-state index in [4.69, 9.17) is 5.73 Å². The van der Waals surface area contributed by atoms with Gasteiger partial charge in [-0.05, 0) is 31.6 Å². The summed E-state index contributed by atoms with van der Waals surface area (Å²) in [7, 11) is 0. The maximum absolute atomic E-state index is 12.3. The van der Waals surface area contributed by atoms with Gasteiger partial charge in [0.25, 0.3) is 0 Å². The van der Waals surface area contributed by atoms with Crippen LogP contribution in [0.4, 0.5) is 0 Å². The third-order valence-electron chi connectivity index (χ3n) is 4.79. The molecule has 0 aromatic heterocycles. The van der Waals surface area contributed by atoms with Gasteiger partial charge in [-0.1, -0.05) is 13.8 Å². The Hall–Kier alpha value is -1.67. The van der Waals surface area contributed by atoms with Crippen molar-refractivity contribution in [2.75, 3.05) is 0 Å². The Kier molecular flexibility index (Phi) is 5.19. The van der Waals surface area contributed by atoms with Gasteiger partial charge in [-0.2, -0.15) is 0 Å². The van der Waals surface area contributed by atoms with Crippen LogP contribution < -0.4 is 16.4 Å². The van der Waals surface area contributed by atoms with Crippen LogP contribution in [-0.2, 0) is 14.4 Å². The molecule has 0 aliphatic heterocycles. The van der Waals surface area contributed by atoms with E-state index in [1.165, 1.54) is 6.92 Å². The molecule has 8 nitrogen and oxygen atoms in total. The quantitative estimate of drug-likeness (QED) is 0.403. The average Bonchev–Trinajstić information content (AvgIpc) is 3.21. The number of nitrogens with one attached hydrogen (secondary N) is 2. The lowest BCUT2D eigenvalue weighted by Crippen LogP contribution is -2.60. The number of aliphatic carboxylic acids is 1. The molecule has 135 valence electrons. The molecule has 0 aromatic rings. The first-order valence-corrected chi connectivity index (χ1v) is 8.23. The smallest absolute Gasteiger partial charge is 0.329 e. The van der Waals surface area contributed by atoms with Crippen molar-refractivity contribution in [2.24, 2.45) is 23.5 Å². The van der Waals surface area contributed by atoms with Crippen molar-refractivity contribution < 1.29 is 24.6 Å². The van der Waals surface area contributed by atoms with E-state index in [0.717, 1.165) is 0 Å². The summed E-state index contributed by atoms with van der Waals surface area (Å²) in [5.41, 5.74) is 4.28. The molecule has 2 aliphatic carbocycles. The zero-order valence-corrected chi connectivity index (χ0v) is 14.2. The van der Waals surface area contributed by atoms with Crippen molar-refractivity contribution in [3.8, 4) is 0 Å². The highest BCUT2D eigenvalue weighted by Gasteiger charge is 2.67. The molecule has 2 saturated carbocycles. The van der Waals surface area contributed by atoms with Gasteiger partial charge in [0.1, 0.15) is 11.6 Å². The van der Waals surface area contributed by atoms with Crippen LogP contribution in [0.3, 0.4) is 0 Å². The Morgan fingerprint density at radius 3 is 2.33 bits per heavy atom. The predicted molar refractivity (Wildman–Crippen MR) is 85.4 cm³/mol. The molecule has 24 heavy (non-hydrogen) atoms. The second-order valence-electron chi connectivity index (χ2n) is 7.30. The standard InChI is InChI=1S/C16H26N3O5/c1-7(2)4-11(17)14(22)18-8(3)13(21)19-16(15(23)24)6-12(20)9-5-10(9)16/h5,7-12,20H,4,6,17H2,1-3H3,(H,18,22)(H,19,21)(H,23,24)/t8-,9-,10+,11-,12-,16-/m0/s1. The molecule has 1 radical (unpaired) electrons. The van der Waals surface area contributed by atoms with E-state index >= 15 is 0 Å². The molecule has 2 fully saturated rings. The third kappa shape index (κ3) is 3.54. The second kappa shape index (κ2) is 6.68. The van der Waals surface area contributed by atoms with Crippen LogP contribution in [0.5, 0.6) is 0 Å². The van der Waals surface area contributed by atoms with Crippen molar-refractivity contribution in [3.05, 3.63) is 6.42 Å². The first-order chi connectivity index (χ1) is 11.1. The van der Waals surface area contributed by atoms with E-state index in [1.807, 2.05) is 13.8 Å². The normalized spacial score (nSPS) is 33.5. The lowest BCUT2D eigenvalue weighted by atomic mass is 9.92. The van der Waals surface area contributed by atoms with Crippen LogP contribution in [0.2, 0.25) is 0 Å². The number of carboxylic acid groups (broad SMARTS) is 1. The van der Waals surface area contributed by atoms with Crippen LogP contribution >= 0.6 is 0 Å². The molecule has 6 atom stereocenters. The van der Waals surface area contributed by atoms with Crippen LogP contribution in [0.1, 0.15) is 33.6 Å². The largest absolute Gasteiger partial charge is 0.479 e. The van der Waals surface area contributed by atoms with Crippen LogP contribution in [0.15, 0.2) is 0 Å². The van der Waals surface area contributed by atoms with Crippen molar-refractivity contribution in [1.82, 2.24) is 10.6 Å². The van der Waals surface area contributed by atoms with E-state index in [2.05, 4.69) is 10.6 Å². The minimum absolute atomic E-state index is 0.0343. The Balaban J connectivity index is 1.96. The number of nitrogens with two attached hydrogens (primary N) is 1. The number of fused-ring (bicyclic) bond motifs is 1. The summed E-state index contributed by atoms with van der Waals surface area (Å²) in [6.45, 7) is 5.35. The van der Waals surface area contributed by atoms with Crippen molar-refractivity contribution in [3.63, 3.8) is 0 Å². The maximum atomic E-state index is 12.3. The van der Waals surface area contributed by atoms with Gasteiger partial charge in [0, 0.05) is 12.3 Å². The molecular formula is C16H26N3O5. The van der Waals surface area contributed by atoms with E-state index in [-0.39, 0.29) is 24.2 Å². The van der Waals surface area contributed by atoms with Gasteiger partial charge in [-0.25, -0.2) is 4.79 Å². The van der Waals surface area contributed by atoms with Crippen molar-refractivity contribution in [1.29, 1.82) is 0 Å². The van der Waals surface area contributed by atoms with Crippen LogP contribution in [-0.4, -0.2) is 51.7 Å². The van der Waals surface area contributed by atoms with Gasteiger partial charge in [-0.3, -0.25) is 9.59 Å². The summed E-state index contributed by atoms with van der Waals surface area (Å²) >= 11 is 0. The molecule has 0 aromatic carbocycles. The fourth-order valence-corrected chi connectivity index (χ4v) is 3.38. The first kappa shape index (κ1) is 18.7. The summed E-state index contributed by atoms with van der Waals surface area (Å²) in [6.07, 6.45) is 1.41. The number of carbonyl (C=O) groups is 3. The predicted octanol–water partition coefficient (Wildman–Crippen LogP) is -0.981. The minimum Gasteiger partial charge on any atom is -0.479 e. The van der Waals surface area contributed by atoms with E-state index in [1.54, 1.807) is 6.42 Å². The molecule has 2 amide bonds. The lowest BCUT2D eigenvalue weighted by Gasteiger charge is -2.30. The number of aliphatic hydroxyl groups is 1. The molecule has 0 heterocycles. The molecule has 6 N–H and O–H groups in total. The van der Waals surface area contributed by atoms with Gasteiger partial charge in [0.05, 0.1) is 12.1 Å². The summed E-state index contributed by atoms with van der Waals surface area (Å²) in [5, 5.41) is 24.4. The van der Waals surface area contributed by atoms with Gasteiger partial charge < -0.3 is 26.6 Å². The number of amides is 2. The zero-order valence-electron chi connectivity index (χ0n) is 14.2. The van der Waals surface area contributed by atoms with Gasteiger partial charge in [-0.15, -0.1) is 0 Å². The first-order valence-electron chi connectivity index (χ1n) is 8.23. The van der Waals surface area contributed by atoms with E-state index in [9.17, 15) is 24.6 Å². The Morgan fingerprint density at radius 2 is 1.92 bits per heavy atom. The summed E-state index contributed by atoms with van der Waals surface area (Å²) in [5.74, 6) is -2.54. The molecule has 8 heteroatoms. The summed E-state index contributed by atoms with van der Waals surface area (Å²) < 4.78 is 0. The van der Waals surface area contributed by atoms with Gasteiger partial charge >= 0.3 is 5.97 Å². The van der Waals surface area contributed by atoms with Crippen molar-refractivity contribution in [2.45, 2.75) is 57.3 Å². The Morgan fingerprint density at radius 1 is 1.29 bits per heavy atom. The molecule has 0 unspecified atom stereocenters. The summed E-state index contributed by atoms with van der Waals surface area (Å²) in [6, 6.07) is -1.63. The zero-order chi connectivity index (χ0) is 18.2.